The molecule has 32 heavy (non-hydrogen) atoms. The van der Waals surface area contributed by atoms with E-state index in [4.69, 9.17) is 4.98 Å². The lowest BCUT2D eigenvalue weighted by molar-refractivity contribution is 0.102. The summed E-state index contributed by atoms with van der Waals surface area (Å²) in [6.07, 6.45) is 2.23. The number of amides is 1. The molecule has 1 fully saturated rings. The van der Waals surface area contributed by atoms with Crippen molar-refractivity contribution in [1.82, 2.24) is 14.8 Å². The molecule has 2 aromatic carbocycles. The van der Waals surface area contributed by atoms with Gasteiger partial charge in [0, 0.05) is 21.5 Å². The first-order valence-corrected chi connectivity index (χ1v) is 11.4. The highest BCUT2D eigenvalue weighted by Gasteiger charge is 2.27. The van der Waals surface area contributed by atoms with Gasteiger partial charge in [-0.25, -0.2) is 4.39 Å². The summed E-state index contributed by atoms with van der Waals surface area (Å²) in [7, 11) is 0. The van der Waals surface area contributed by atoms with Gasteiger partial charge in [0.25, 0.3) is 5.91 Å². The van der Waals surface area contributed by atoms with Crippen molar-refractivity contribution in [3.8, 4) is 0 Å². The molecule has 1 saturated carbocycles. The van der Waals surface area contributed by atoms with E-state index < -0.39 is 0 Å². The topological polar surface area (TPSA) is 59.8 Å². The number of pyridine rings is 1. The monoisotopic (exact) mass is 492 g/mol. The fourth-order valence-electron chi connectivity index (χ4n) is 3.97. The fraction of sp³-hybridized carbons (Fsp3) is 0.240. The Morgan fingerprint density at radius 3 is 2.62 bits per heavy atom. The van der Waals surface area contributed by atoms with Gasteiger partial charge in [0.05, 0.1) is 34.7 Å². The van der Waals surface area contributed by atoms with E-state index in [1.807, 2.05) is 42.8 Å². The van der Waals surface area contributed by atoms with Crippen LogP contribution in [0.4, 0.5) is 10.1 Å². The molecule has 0 spiro atoms. The number of hydrogen-bond donors (Lipinski definition) is 1. The Kier molecular flexibility index (Phi) is 5.29. The maximum Gasteiger partial charge on any atom is 0.256 e. The molecule has 4 aromatic rings. The third-order valence-electron chi connectivity index (χ3n) is 5.90. The number of carbonyl (C=O) groups excluding carboxylic acids is 1. The van der Waals surface area contributed by atoms with Gasteiger partial charge < -0.3 is 5.32 Å². The molecule has 0 atom stereocenters. The number of rotatable bonds is 5. The van der Waals surface area contributed by atoms with Crippen LogP contribution in [0.2, 0.25) is 0 Å². The number of anilines is 1. The first-order chi connectivity index (χ1) is 15.4. The number of halogens is 2. The molecule has 5 rings (SSSR count). The molecule has 2 heterocycles. The van der Waals surface area contributed by atoms with Gasteiger partial charge >= 0.3 is 0 Å². The standard InChI is InChI=1S/C25H22BrFN4O/c1-14-24(15(2)31(30-14)13-16-3-8-19(27)9-4-16)29-25(32)21-12-23(17-5-6-17)28-22-10-7-18(26)11-20(21)22/h3-4,7-12,17H,5-6,13H2,1-2H3,(H,29,32). The fourth-order valence-corrected chi connectivity index (χ4v) is 4.33. The summed E-state index contributed by atoms with van der Waals surface area (Å²) >= 11 is 3.51. The second kappa shape index (κ2) is 8.13. The summed E-state index contributed by atoms with van der Waals surface area (Å²) < 4.78 is 15.9. The molecule has 0 bridgehead atoms. The lowest BCUT2D eigenvalue weighted by Crippen LogP contribution is -2.15. The van der Waals surface area contributed by atoms with Crippen LogP contribution < -0.4 is 5.32 Å². The Morgan fingerprint density at radius 1 is 1.16 bits per heavy atom. The molecule has 0 saturated heterocycles. The zero-order valence-corrected chi connectivity index (χ0v) is 19.4. The van der Waals surface area contributed by atoms with Gasteiger partial charge in [0.1, 0.15) is 5.82 Å². The Balaban J connectivity index is 1.47. The molecule has 1 amide bonds. The molecule has 162 valence electrons. The maximum atomic E-state index is 13.4. The van der Waals surface area contributed by atoms with Crippen LogP contribution in [0.5, 0.6) is 0 Å². The van der Waals surface area contributed by atoms with Gasteiger partial charge in [-0.3, -0.25) is 14.5 Å². The minimum atomic E-state index is -0.267. The van der Waals surface area contributed by atoms with Crippen LogP contribution in [0.25, 0.3) is 10.9 Å². The second-order valence-electron chi connectivity index (χ2n) is 8.31. The van der Waals surface area contributed by atoms with E-state index in [0.717, 1.165) is 50.9 Å². The van der Waals surface area contributed by atoms with Gasteiger partial charge in [-0.15, -0.1) is 0 Å². The van der Waals surface area contributed by atoms with E-state index in [2.05, 4.69) is 26.3 Å². The normalized spacial score (nSPS) is 13.5. The summed E-state index contributed by atoms with van der Waals surface area (Å²) in [5, 5.41) is 8.49. The second-order valence-corrected chi connectivity index (χ2v) is 9.23. The minimum absolute atomic E-state index is 0.176. The van der Waals surface area contributed by atoms with Crippen LogP contribution >= 0.6 is 15.9 Å². The lowest BCUT2D eigenvalue weighted by Gasteiger charge is -2.11. The summed E-state index contributed by atoms with van der Waals surface area (Å²) in [6, 6.07) is 14.1. The van der Waals surface area contributed by atoms with Gasteiger partial charge in [-0.05, 0) is 68.7 Å². The Hall–Kier alpha value is -3.06. The van der Waals surface area contributed by atoms with Gasteiger partial charge in [0.15, 0.2) is 0 Å². The first kappa shape index (κ1) is 20.8. The summed E-state index contributed by atoms with van der Waals surface area (Å²) in [5.74, 6) is -0.00156. The van der Waals surface area contributed by atoms with Crippen LogP contribution in [-0.2, 0) is 6.54 Å². The quantitative estimate of drug-likeness (QED) is 0.364. The molecule has 0 aliphatic heterocycles. The third kappa shape index (κ3) is 4.05. The first-order valence-electron chi connectivity index (χ1n) is 10.6. The van der Waals surface area contributed by atoms with E-state index in [1.54, 1.807) is 12.1 Å². The molecule has 5 nitrogen and oxygen atoms in total. The molecule has 0 radical (unpaired) electrons. The number of carbonyl (C=O) groups is 1. The molecule has 7 heteroatoms. The molecule has 2 aromatic heterocycles. The number of aromatic nitrogens is 3. The Labute approximate surface area is 193 Å². The van der Waals surface area contributed by atoms with E-state index >= 15 is 0 Å². The third-order valence-corrected chi connectivity index (χ3v) is 6.39. The van der Waals surface area contributed by atoms with Crippen LogP contribution in [0.3, 0.4) is 0 Å². The number of hydrogen-bond acceptors (Lipinski definition) is 3. The molecular weight excluding hydrogens is 471 g/mol. The predicted octanol–water partition coefficient (Wildman–Crippen LogP) is 6.13. The molecule has 1 aliphatic carbocycles. The molecule has 0 unspecified atom stereocenters. The highest BCUT2D eigenvalue weighted by molar-refractivity contribution is 9.10. The number of fused-ring (bicyclic) bond motifs is 1. The van der Waals surface area contributed by atoms with Crippen LogP contribution in [0, 0.1) is 19.7 Å². The summed E-state index contributed by atoms with van der Waals surface area (Å²) in [6.45, 7) is 4.30. The van der Waals surface area contributed by atoms with Crippen molar-refractivity contribution in [3.05, 3.63) is 87.0 Å². The Morgan fingerprint density at radius 2 is 1.91 bits per heavy atom. The van der Waals surface area contributed by atoms with Crippen LogP contribution in [-0.4, -0.2) is 20.7 Å². The van der Waals surface area contributed by atoms with E-state index in [9.17, 15) is 9.18 Å². The van der Waals surface area contributed by atoms with Crippen molar-refractivity contribution >= 4 is 38.4 Å². The van der Waals surface area contributed by atoms with Gasteiger partial charge in [-0.2, -0.15) is 5.10 Å². The highest BCUT2D eigenvalue weighted by Crippen LogP contribution is 2.40. The SMILES string of the molecule is Cc1nn(Cc2ccc(F)cc2)c(C)c1NC(=O)c1cc(C2CC2)nc2ccc(Br)cc12. The number of aryl methyl sites for hydroxylation is 1. The van der Waals surface area contributed by atoms with Crippen molar-refractivity contribution in [2.75, 3.05) is 5.32 Å². The number of nitrogens with zero attached hydrogens (tertiary/aromatic N) is 3. The van der Waals surface area contributed by atoms with Crippen LogP contribution in [0.15, 0.2) is 53.0 Å². The Bertz CT molecular complexity index is 1340. The number of nitrogens with one attached hydrogen (secondary N) is 1. The highest BCUT2D eigenvalue weighted by atomic mass is 79.9. The average molecular weight is 493 g/mol. The number of benzene rings is 2. The zero-order valence-electron chi connectivity index (χ0n) is 17.8. The molecule has 1 N–H and O–H groups in total. The van der Waals surface area contributed by atoms with E-state index in [0.29, 0.717) is 23.7 Å². The zero-order chi connectivity index (χ0) is 22.4. The smallest absolute Gasteiger partial charge is 0.256 e. The average Bonchev–Trinajstić information content (AvgIpc) is 3.59. The van der Waals surface area contributed by atoms with Crippen molar-refractivity contribution in [1.29, 1.82) is 0 Å². The van der Waals surface area contributed by atoms with E-state index in [-0.39, 0.29) is 11.7 Å². The van der Waals surface area contributed by atoms with Crippen LogP contribution in [0.1, 0.15) is 51.8 Å². The summed E-state index contributed by atoms with van der Waals surface area (Å²) in [5.41, 5.74) is 5.64. The van der Waals surface area contributed by atoms with Crippen molar-refractivity contribution in [3.63, 3.8) is 0 Å². The van der Waals surface area contributed by atoms with E-state index in [1.165, 1.54) is 12.1 Å². The largest absolute Gasteiger partial charge is 0.319 e. The minimum Gasteiger partial charge on any atom is -0.319 e. The summed E-state index contributed by atoms with van der Waals surface area (Å²) in [4.78, 5) is 18.2. The van der Waals surface area contributed by atoms with Crippen molar-refractivity contribution in [2.24, 2.45) is 0 Å². The molecular formula is C25H22BrFN4O. The van der Waals surface area contributed by atoms with Crippen molar-refractivity contribution in [2.45, 2.75) is 39.2 Å². The maximum absolute atomic E-state index is 13.4. The lowest BCUT2D eigenvalue weighted by atomic mass is 10.1. The van der Waals surface area contributed by atoms with Gasteiger partial charge in [0.2, 0.25) is 0 Å². The predicted molar refractivity (Wildman–Crippen MR) is 127 cm³/mol. The molecule has 1 aliphatic rings. The van der Waals surface area contributed by atoms with Crippen molar-refractivity contribution < 1.29 is 9.18 Å². The van der Waals surface area contributed by atoms with Gasteiger partial charge in [-0.1, -0.05) is 28.1 Å².